The lowest BCUT2D eigenvalue weighted by atomic mass is 10.2. The van der Waals surface area contributed by atoms with E-state index in [9.17, 15) is 41.1 Å². The molecule has 1 aromatic carbocycles. The molecule has 0 unspecified atom stereocenters. The van der Waals surface area contributed by atoms with Crippen LogP contribution in [-0.2, 0) is 27.7 Å². The van der Waals surface area contributed by atoms with Crippen LogP contribution in [0, 0.1) is 29.1 Å². The number of benzene rings is 1. The standard InChI is InChI=1S/C14H13F5N2O7Si/c1-5(22)26-29(27-6(2)23,28-7(3)24)4-20-14(25)21-13-11(18)9(16)8(15)10(17)12(13)19/h4H2,1-3H3,(H2,20,21,25). The van der Waals surface area contributed by atoms with Crippen molar-refractivity contribution in [3.63, 3.8) is 0 Å². The molecule has 0 aliphatic rings. The predicted molar refractivity (Wildman–Crippen MR) is 84.3 cm³/mol. The third kappa shape index (κ3) is 6.13. The van der Waals surface area contributed by atoms with Crippen LogP contribution in [0.25, 0.3) is 0 Å². The van der Waals surface area contributed by atoms with Gasteiger partial charge in [-0.15, -0.1) is 0 Å². The number of hydrogen-bond acceptors (Lipinski definition) is 7. The van der Waals surface area contributed by atoms with Gasteiger partial charge in [0.15, 0.2) is 23.3 Å². The zero-order valence-electron chi connectivity index (χ0n) is 15.0. The minimum absolute atomic E-state index is 0.865. The molecule has 0 spiro atoms. The van der Waals surface area contributed by atoms with E-state index < -0.39 is 73.7 Å². The van der Waals surface area contributed by atoms with Gasteiger partial charge in [0.2, 0.25) is 5.82 Å². The number of rotatable bonds is 6. The van der Waals surface area contributed by atoms with E-state index >= 15 is 0 Å². The summed E-state index contributed by atoms with van der Waals surface area (Å²) in [6.45, 7) is 2.59. The average molecular weight is 444 g/mol. The van der Waals surface area contributed by atoms with Crippen molar-refractivity contribution >= 4 is 38.4 Å². The summed E-state index contributed by atoms with van der Waals surface area (Å²) in [5.41, 5.74) is -1.67. The van der Waals surface area contributed by atoms with Crippen LogP contribution in [-0.4, -0.2) is 38.9 Å². The Labute approximate surface area is 160 Å². The number of amides is 2. The molecule has 9 nitrogen and oxygen atoms in total. The summed E-state index contributed by atoms with van der Waals surface area (Å²) < 4.78 is 80.7. The van der Waals surface area contributed by atoms with Crippen molar-refractivity contribution in [1.29, 1.82) is 0 Å². The van der Waals surface area contributed by atoms with Crippen molar-refractivity contribution in [2.75, 3.05) is 11.5 Å². The second-order valence-electron chi connectivity index (χ2n) is 5.22. The lowest BCUT2D eigenvalue weighted by Gasteiger charge is -2.26. The maximum atomic E-state index is 13.6. The van der Waals surface area contributed by atoms with Gasteiger partial charge < -0.3 is 23.9 Å². The molecule has 15 heteroatoms. The van der Waals surface area contributed by atoms with Crippen molar-refractivity contribution in [3.05, 3.63) is 29.1 Å². The van der Waals surface area contributed by atoms with E-state index in [2.05, 4.69) is 0 Å². The Balaban J connectivity index is 3.09. The molecule has 1 rings (SSSR count). The first-order valence-electron chi connectivity index (χ1n) is 7.44. The van der Waals surface area contributed by atoms with Crippen molar-refractivity contribution in [1.82, 2.24) is 5.32 Å². The smallest absolute Gasteiger partial charge is 0.454 e. The molecule has 0 aliphatic carbocycles. The molecule has 160 valence electrons. The molecule has 0 saturated heterocycles. The highest BCUT2D eigenvalue weighted by molar-refractivity contribution is 6.66. The molecule has 0 aliphatic heterocycles. The first kappa shape index (κ1) is 23.8. The van der Waals surface area contributed by atoms with Crippen molar-refractivity contribution in [2.24, 2.45) is 0 Å². The van der Waals surface area contributed by atoms with E-state index in [0.717, 1.165) is 20.8 Å². The van der Waals surface area contributed by atoms with Gasteiger partial charge >= 0.3 is 14.8 Å². The Hall–Kier alpha value is -3.23. The number of carbonyl (C=O) groups excluding carboxylic acids is 4. The van der Waals surface area contributed by atoms with E-state index in [1.54, 1.807) is 5.32 Å². The van der Waals surface area contributed by atoms with Gasteiger partial charge in [-0.1, -0.05) is 0 Å². The highest BCUT2D eigenvalue weighted by Gasteiger charge is 2.52. The van der Waals surface area contributed by atoms with Gasteiger partial charge in [0.1, 0.15) is 11.9 Å². The summed E-state index contributed by atoms with van der Waals surface area (Å²) in [7, 11) is -4.54. The summed E-state index contributed by atoms with van der Waals surface area (Å²) in [6, 6.07) is -1.56. The molecule has 0 saturated carbocycles. The third-order valence-corrected chi connectivity index (χ3v) is 5.22. The predicted octanol–water partition coefficient (Wildman–Crippen LogP) is 1.67. The third-order valence-electron chi connectivity index (χ3n) is 2.81. The first-order chi connectivity index (χ1) is 13.3. The van der Waals surface area contributed by atoms with Gasteiger partial charge in [-0.3, -0.25) is 14.4 Å². The second-order valence-corrected chi connectivity index (χ2v) is 7.55. The summed E-state index contributed by atoms with van der Waals surface area (Å²) >= 11 is 0. The Bertz CT molecular complexity index is 797. The molecular formula is C14H13F5N2O7Si. The van der Waals surface area contributed by atoms with E-state index in [1.165, 1.54) is 5.32 Å². The van der Waals surface area contributed by atoms with E-state index in [0.29, 0.717) is 0 Å². The maximum absolute atomic E-state index is 13.6. The summed E-state index contributed by atoms with van der Waals surface area (Å²) in [5, 5.41) is 3.18. The van der Waals surface area contributed by atoms with Crippen LogP contribution < -0.4 is 10.6 Å². The minimum Gasteiger partial charge on any atom is -0.454 e. The normalized spacial score (nSPS) is 10.8. The van der Waals surface area contributed by atoms with Crippen molar-refractivity contribution in [2.45, 2.75) is 20.8 Å². The number of anilines is 1. The van der Waals surface area contributed by atoms with Gasteiger partial charge in [0.05, 0.1) is 0 Å². The van der Waals surface area contributed by atoms with E-state index in [-0.39, 0.29) is 0 Å². The maximum Gasteiger partial charge on any atom is 0.725 e. The van der Waals surface area contributed by atoms with Crippen LogP contribution in [0.4, 0.5) is 32.4 Å². The zero-order chi connectivity index (χ0) is 22.5. The molecule has 0 radical (unpaired) electrons. The Morgan fingerprint density at radius 2 is 1.07 bits per heavy atom. The monoisotopic (exact) mass is 444 g/mol. The molecular weight excluding hydrogens is 431 g/mol. The molecule has 0 aromatic heterocycles. The lowest BCUT2D eigenvalue weighted by molar-refractivity contribution is -0.147. The number of halogens is 5. The average Bonchev–Trinajstić information content (AvgIpc) is 2.58. The van der Waals surface area contributed by atoms with Crippen molar-refractivity contribution < 1.29 is 54.4 Å². The fraction of sp³-hybridized carbons (Fsp3) is 0.286. The van der Waals surface area contributed by atoms with Crippen molar-refractivity contribution in [3.8, 4) is 0 Å². The molecule has 0 bridgehead atoms. The topological polar surface area (TPSA) is 120 Å². The van der Waals surface area contributed by atoms with Crippen LogP contribution in [0.1, 0.15) is 20.8 Å². The van der Waals surface area contributed by atoms with Gasteiger partial charge in [0.25, 0.3) is 17.9 Å². The van der Waals surface area contributed by atoms with E-state index in [1.807, 2.05) is 0 Å². The lowest BCUT2D eigenvalue weighted by Crippen LogP contribution is -2.58. The number of urea groups is 1. The molecule has 0 atom stereocenters. The van der Waals surface area contributed by atoms with Gasteiger partial charge in [-0.25, -0.2) is 26.7 Å². The van der Waals surface area contributed by atoms with Crippen LogP contribution in [0.5, 0.6) is 0 Å². The molecule has 2 amide bonds. The summed E-state index contributed by atoms with van der Waals surface area (Å²) in [5.74, 6) is -14.9. The zero-order valence-corrected chi connectivity index (χ0v) is 16.0. The molecule has 2 N–H and O–H groups in total. The summed E-state index contributed by atoms with van der Waals surface area (Å²) in [4.78, 5) is 45.5. The Morgan fingerprint density at radius 3 is 1.41 bits per heavy atom. The number of hydrogen-bond donors (Lipinski definition) is 2. The van der Waals surface area contributed by atoms with Crippen LogP contribution >= 0.6 is 0 Å². The number of nitrogens with one attached hydrogen (secondary N) is 2. The fourth-order valence-electron chi connectivity index (χ4n) is 1.89. The highest BCUT2D eigenvalue weighted by atomic mass is 28.4. The first-order valence-corrected chi connectivity index (χ1v) is 9.38. The molecule has 29 heavy (non-hydrogen) atoms. The molecule has 1 aromatic rings. The quantitative estimate of drug-likeness (QED) is 0.296. The van der Waals surface area contributed by atoms with Gasteiger partial charge in [-0.2, -0.15) is 0 Å². The van der Waals surface area contributed by atoms with Crippen LogP contribution in [0.2, 0.25) is 0 Å². The number of carbonyl (C=O) groups is 4. The fourth-order valence-corrected chi connectivity index (χ4v) is 3.92. The Kier molecular flexibility index (Phi) is 7.64. The van der Waals surface area contributed by atoms with Crippen LogP contribution in [0.15, 0.2) is 0 Å². The minimum atomic E-state index is -4.54. The summed E-state index contributed by atoms with van der Waals surface area (Å²) in [6.07, 6.45) is -0.965. The van der Waals surface area contributed by atoms with E-state index in [4.69, 9.17) is 13.3 Å². The SMILES string of the molecule is CC(=O)O[Si](CNC(=O)Nc1c(F)c(F)c(F)c(F)c1F)(OC(C)=O)OC(C)=O. The van der Waals surface area contributed by atoms with Gasteiger partial charge in [-0.05, 0) is 0 Å². The second kappa shape index (κ2) is 9.31. The Morgan fingerprint density at radius 1 is 0.724 bits per heavy atom. The van der Waals surface area contributed by atoms with Crippen LogP contribution in [0.3, 0.4) is 0 Å². The highest BCUT2D eigenvalue weighted by Crippen LogP contribution is 2.27. The molecule has 0 heterocycles. The molecule has 0 fully saturated rings. The van der Waals surface area contributed by atoms with Gasteiger partial charge in [0, 0.05) is 20.8 Å². The largest absolute Gasteiger partial charge is 0.725 e.